The molecule has 3 amide bonds. The number of halogens is 1. The van der Waals surface area contributed by atoms with Crippen LogP contribution in [0.5, 0.6) is 5.75 Å². The molecule has 4 aromatic rings. The molecule has 10 heteroatoms. The molecule has 3 heterocycles. The van der Waals surface area contributed by atoms with E-state index in [1.165, 1.54) is 23.8 Å². The van der Waals surface area contributed by atoms with Crippen molar-refractivity contribution in [2.45, 2.75) is 51.5 Å². The number of benzene rings is 3. The van der Waals surface area contributed by atoms with E-state index in [1.54, 1.807) is 23.1 Å². The van der Waals surface area contributed by atoms with E-state index < -0.39 is 5.91 Å². The van der Waals surface area contributed by atoms with Crippen LogP contribution >= 0.6 is 11.6 Å². The number of aryl methyl sites for hydroxylation is 1. The molecule has 0 saturated carbocycles. The van der Waals surface area contributed by atoms with Crippen LogP contribution in [0.15, 0.2) is 82.0 Å². The zero-order valence-corrected chi connectivity index (χ0v) is 27.6. The number of carbonyl (C=O) groups excluding carboxylic acids is 3. The van der Waals surface area contributed by atoms with Gasteiger partial charge in [-0.3, -0.25) is 19.2 Å². The van der Waals surface area contributed by atoms with E-state index >= 15 is 0 Å². The van der Waals surface area contributed by atoms with Gasteiger partial charge in [-0.15, -0.1) is 0 Å². The van der Waals surface area contributed by atoms with Crippen LogP contribution in [0.25, 0.3) is 11.0 Å². The fourth-order valence-corrected chi connectivity index (χ4v) is 6.14. The van der Waals surface area contributed by atoms with Gasteiger partial charge in [0.15, 0.2) is 11.2 Å². The number of amides is 3. The van der Waals surface area contributed by atoms with Gasteiger partial charge in [0.25, 0.3) is 5.91 Å². The molecule has 9 nitrogen and oxygen atoms in total. The molecule has 2 saturated heterocycles. The molecule has 0 spiro atoms. The third-order valence-corrected chi connectivity index (χ3v) is 8.95. The molecular formula is C37H40ClN3O6. The molecule has 47 heavy (non-hydrogen) atoms. The quantitative estimate of drug-likeness (QED) is 0.257. The van der Waals surface area contributed by atoms with Crippen molar-refractivity contribution >= 4 is 40.3 Å². The molecule has 2 fully saturated rings. The van der Waals surface area contributed by atoms with E-state index in [-0.39, 0.29) is 35.1 Å². The predicted octanol–water partition coefficient (Wildman–Crippen LogP) is 6.10. The highest BCUT2D eigenvalue weighted by Gasteiger charge is 2.27. The zero-order chi connectivity index (χ0) is 33.3. The summed E-state index contributed by atoms with van der Waals surface area (Å²) in [4.78, 5) is 54.0. The van der Waals surface area contributed by atoms with Gasteiger partial charge in [0, 0.05) is 49.8 Å². The number of rotatable bonds is 7. The minimum absolute atomic E-state index is 0.156. The van der Waals surface area contributed by atoms with Crippen LogP contribution in [-0.4, -0.2) is 60.8 Å². The van der Waals surface area contributed by atoms with Crippen molar-refractivity contribution in [2.24, 2.45) is 0 Å². The topological polar surface area (TPSA) is 109 Å². The predicted molar refractivity (Wildman–Crippen MR) is 182 cm³/mol. The van der Waals surface area contributed by atoms with Crippen molar-refractivity contribution < 1.29 is 23.5 Å². The Hall–Kier alpha value is -4.63. The summed E-state index contributed by atoms with van der Waals surface area (Å²) in [5.74, 6) is 0.0744. The molecule has 6 rings (SSSR count). The summed E-state index contributed by atoms with van der Waals surface area (Å²) in [5.41, 5.74) is 3.57. The Kier molecular flexibility index (Phi) is 11.3. The highest BCUT2D eigenvalue weighted by Crippen LogP contribution is 2.31. The largest absolute Gasteiger partial charge is 0.497 e. The Morgan fingerprint density at radius 1 is 0.957 bits per heavy atom. The molecule has 2 aliphatic heterocycles. The lowest BCUT2D eigenvalue weighted by Crippen LogP contribution is -2.44. The number of fused-ring (bicyclic) bond motifs is 1. The van der Waals surface area contributed by atoms with Gasteiger partial charge in [0.1, 0.15) is 11.3 Å². The van der Waals surface area contributed by atoms with Gasteiger partial charge in [-0.1, -0.05) is 53.6 Å². The van der Waals surface area contributed by atoms with Crippen LogP contribution in [0.3, 0.4) is 0 Å². The molecule has 0 aliphatic carbocycles. The number of likely N-dealkylation sites (tertiary alicyclic amines) is 2. The number of nitrogens with zero attached hydrogens (tertiary/aromatic N) is 2. The molecule has 1 aromatic heterocycles. The van der Waals surface area contributed by atoms with Crippen LogP contribution in [-0.2, 0) is 16.1 Å². The lowest BCUT2D eigenvalue weighted by molar-refractivity contribution is -0.134. The average Bonchev–Trinajstić information content (AvgIpc) is 3.09. The van der Waals surface area contributed by atoms with Gasteiger partial charge in [-0.25, -0.2) is 0 Å². The molecule has 0 unspecified atom stereocenters. The molecule has 0 atom stereocenters. The Morgan fingerprint density at radius 2 is 1.70 bits per heavy atom. The zero-order valence-electron chi connectivity index (χ0n) is 26.8. The first-order chi connectivity index (χ1) is 22.7. The lowest BCUT2D eigenvalue weighted by Gasteiger charge is -2.34. The lowest BCUT2D eigenvalue weighted by atomic mass is 9.86. The summed E-state index contributed by atoms with van der Waals surface area (Å²) in [6.45, 7) is 4.47. The highest BCUT2D eigenvalue weighted by molar-refractivity contribution is 6.30. The van der Waals surface area contributed by atoms with Crippen LogP contribution < -0.4 is 15.5 Å². The van der Waals surface area contributed by atoms with Crippen molar-refractivity contribution in [2.75, 3.05) is 33.3 Å². The second-order valence-electron chi connectivity index (χ2n) is 11.9. The van der Waals surface area contributed by atoms with Crippen LogP contribution in [0.4, 0.5) is 0 Å². The van der Waals surface area contributed by atoms with Gasteiger partial charge in [0.05, 0.1) is 19.0 Å². The molecule has 2 aliphatic rings. The first kappa shape index (κ1) is 33.7. The van der Waals surface area contributed by atoms with Gasteiger partial charge >= 0.3 is 0 Å². The maximum absolute atomic E-state index is 12.9. The summed E-state index contributed by atoms with van der Waals surface area (Å²) in [6, 6.07) is 22.0. The molecule has 0 bridgehead atoms. The number of hydrogen-bond donors (Lipinski definition) is 1. The molecule has 246 valence electrons. The first-order valence-corrected chi connectivity index (χ1v) is 16.3. The Morgan fingerprint density at radius 3 is 2.40 bits per heavy atom. The fraction of sp³-hybridized carbons (Fsp3) is 0.351. The number of methoxy groups -OCH3 is 1. The van der Waals surface area contributed by atoms with Crippen molar-refractivity contribution in [1.82, 2.24) is 15.1 Å². The summed E-state index contributed by atoms with van der Waals surface area (Å²) >= 11 is 5.61. The average molecular weight is 658 g/mol. The van der Waals surface area contributed by atoms with E-state index in [1.807, 2.05) is 48.2 Å². The minimum Gasteiger partial charge on any atom is -0.497 e. The van der Waals surface area contributed by atoms with Crippen molar-refractivity contribution in [3.63, 3.8) is 0 Å². The summed E-state index contributed by atoms with van der Waals surface area (Å²) < 4.78 is 10.8. The van der Waals surface area contributed by atoms with Crippen LogP contribution in [0, 0.1) is 6.92 Å². The van der Waals surface area contributed by atoms with E-state index in [9.17, 15) is 19.2 Å². The van der Waals surface area contributed by atoms with E-state index in [2.05, 4.69) is 17.4 Å². The van der Waals surface area contributed by atoms with Crippen LogP contribution in [0.2, 0.25) is 5.02 Å². The monoisotopic (exact) mass is 657 g/mol. The van der Waals surface area contributed by atoms with Gasteiger partial charge in [0.2, 0.25) is 11.8 Å². The third-order valence-electron chi connectivity index (χ3n) is 8.70. The van der Waals surface area contributed by atoms with E-state index in [4.69, 9.17) is 20.8 Å². The normalized spacial score (nSPS) is 15.2. The van der Waals surface area contributed by atoms with E-state index in [0.29, 0.717) is 43.1 Å². The molecule has 3 aromatic carbocycles. The van der Waals surface area contributed by atoms with Crippen molar-refractivity contribution in [3.05, 3.63) is 110 Å². The highest BCUT2D eigenvalue weighted by atomic mass is 35.5. The maximum Gasteiger partial charge on any atom is 0.287 e. The summed E-state index contributed by atoms with van der Waals surface area (Å²) in [5, 5.41) is 3.73. The molecular weight excluding hydrogens is 618 g/mol. The molecule has 0 radical (unpaired) electrons. The third kappa shape index (κ3) is 8.80. The maximum atomic E-state index is 12.9. The number of hydrogen-bond acceptors (Lipinski definition) is 6. The second-order valence-corrected chi connectivity index (χ2v) is 12.4. The smallest absolute Gasteiger partial charge is 0.287 e. The fourth-order valence-electron chi connectivity index (χ4n) is 6.01. The summed E-state index contributed by atoms with van der Waals surface area (Å²) in [7, 11) is 1.50. The number of nitrogens with one attached hydrogen (secondary N) is 1. The summed E-state index contributed by atoms with van der Waals surface area (Å²) in [6.07, 6.45) is 4.27. The minimum atomic E-state index is -0.624. The Bertz CT molecular complexity index is 1760. The Labute approximate surface area is 279 Å². The standard InChI is InChI=1S/C30H33N3O6.C7H7Cl/c1-38-22-9-10-24-25(34)17-27(39-26(24)16-22)30(37)31-18-29(36)32-14-11-20(12-15-32)23-7-3-2-6-21(23)19-33-13-5-4-8-28(33)35;1-6-2-4-7(8)5-3-6/h2-3,6-7,9-10,16-17,20H,4-5,8,11-15,18-19H2,1H3,(H,31,37);2-5H,1H3. The SMILES string of the molecule is COc1ccc2c(=O)cc(C(=O)NCC(=O)N3CCC(c4ccccc4CN4CCCCC4=O)CC3)oc2c1.Cc1ccc(Cl)cc1. The number of carbonyl (C=O) groups is 3. The molecule has 1 N–H and O–H groups in total. The number of ether oxygens (including phenoxy) is 1. The second kappa shape index (κ2) is 15.8. The van der Waals surface area contributed by atoms with Crippen molar-refractivity contribution in [1.29, 1.82) is 0 Å². The van der Waals surface area contributed by atoms with Gasteiger partial charge in [-0.2, -0.15) is 0 Å². The van der Waals surface area contributed by atoms with Gasteiger partial charge in [-0.05, 0) is 73.9 Å². The van der Waals surface area contributed by atoms with Crippen molar-refractivity contribution in [3.8, 4) is 5.75 Å². The van der Waals surface area contributed by atoms with Crippen LogP contribution in [0.1, 0.15) is 65.3 Å². The van der Waals surface area contributed by atoms with E-state index in [0.717, 1.165) is 43.3 Å². The first-order valence-electron chi connectivity index (χ1n) is 16.0. The number of piperidine rings is 2. The Balaban J connectivity index is 0.000000474. The van der Waals surface area contributed by atoms with Gasteiger partial charge < -0.3 is 24.3 Å².